The van der Waals surface area contributed by atoms with E-state index in [2.05, 4.69) is 37.0 Å². The molecule has 4 rings (SSSR count). The van der Waals surface area contributed by atoms with E-state index < -0.39 is 0 Å². The van der Waals surface area contributed by atoms with Crippen LogP contribution in [0.3, 0.4) is 0 Å². The van der Waals surface area contributed by atoms with Crippen molar-refractivity contribution in [1.29, 1.82) is 0 Å². The van der Waals surface area contributed by atoms with Crippen molar-refractivity contribution in [2.24, 2.45) is 0 Å². The second-order valence-electron chi connectivity index (χ2n) is 7.71. The molecule has 0 N–H and O–H groups in total. The number of hydrogen-bond acceptors (Lipinski definition) is 4. The summed E-state index contributed by atoms with van der Waals surface area (Å²) in [6, 6.07) is 15.8. The van der Waals surface area contributed by atoms with Crippen LogP contribution in [0.2, 0.25) is 0 Å². The van der Waals surface area contributed by atoms with Crippen LogP contribution >= 0.6 is 0 Å². The molecule has 156 valence electrons. The Morgan fingerprint density at radius 2 is 1.87 bits per heavy atom. The van der Waals surface area contributed by atoms with Gasteiger partial charge in [0.1, 0.15) is 23.7 Å². The van der Waals surface area contributed by atoms with Crippen molar-refractivity contribution >= 4 is 22.6 Å². The maximum atomic E-state index is 13.1. The Balaban J connectivity index is 1.66. The van der Waals surface area contributed by atoms with E-state index in [1.165, 1.54) is 0 Å². The molecule has 0 spiro atoms. The van der Waals surface area contributed by atoms with Crippen LogP contribution in [-0.2, 0) is 6.42 Å². The third kappa shape index (κ3) is 4.34. The van der Waals surface area contributed by atoms with Gasteiger partial charge in [-0.05, 0) is 61.7 Å². The molecule has 0 amide bonds. The van der Waals surface area contributed by atoms with Gasteiger partial charge in [0, 0.05) is 18.2 Å². The largest absolute Gasteiger partial charge is 0.492 e. The Bertz CT molecular complexity index is 1090. The molecular weight excluding hydrogens is 374 g/mol. The van der Waals surface area contributed by atoms with Crippen molar-refractivity contribution in [3.63, 3.8) is 0 Å². The number of hydrogen-bond donors (Lipinski definition) is 0. The molecule has 3 aromatic rings. The van der Waals surface area contributed by atoms with Crippen molar-refractivity contribution in [2.45, 2.75) is 33.1 Å². The quantitative estimate of drug-likeness (QED) is 0.530. The number of likely N-dealkylation sites (N-methyl/N-ethyl adjacent to an activating group) is 1. The number of nitrogens with zero attached hydrogens (tertiary/aromatic N) is 1. The number of rotatable bonds is 7. The first-order chi connectivity index (χ1) is 14.7. The van der Waals surface area contributed by atoms with E-state index >= 15 is 0 Å². The Hall–Kier alpha value is -2.85. The lowest BCUT2D eigenvalue weighted by Crippen LogP contribution is -2.27. The zero-order valence-electron chi connectivity index (χ0n) is 17.8. The summed E-state index contributed by atoms with van der Waals surface area (Å²) in [4.78, 5) is 15.4. The second-order valence-corrected chi connectivity index (χ2v) is 7.71. The number of ether oxygens (including phenoxy) is 1. The van der Waals surface area contributed by atoms with Crippen LogP contribution in [-0.4, -0.2) is 31.1 Å². The summed E-state index contributed by atoms with van der Waals surface area (Å²) in [5, 5.41) is 0.630. The van der Waals surface area contributed by atoms with E-state index in [4.69, 9.17) is 9.15 Å². The molecule has 4 nitrogen and oxygen atoms in total. The maximum Gasteiger partial charge on any atom is 0.196 e. The van der Waals surface area contributed by atoms with Gasteiger partial charge in [0.05, 0.1) is 5.39 Å². The predicted octanol–water partition coefficient (Wildman–Crippen LogP) is 5.39. The average Bonchev–Trinajstić information content (AvgIpc) is 2.78. The second kappa shape index (κ2) is 9.31. The highest BCUT2D eigenvalue weighted by Crippen LogP contribution is 2.33. The molecule has 0 radical (unpaired) electrons. The Labute approximate surface area is 177 Å². The lowest BCUT2D eigenvalue weighted by molar-refractivity contribution is 0.223. The van der Waals surface area contributed by atoms with Crippen molar-refractivity contribution in [1.82, 2.24) is 4.90 Å². The van der Waals surface area contributed by atoms with Crippen LogP contribution in [0.4, 0.5) is 0 Å². The van der Waals surface area contributed by atoms with Crippen molar-refractivity contribution in [3.8, 4) is 5.75 Å². The zero-order valence-corrected chi connectivity index (χ0v) is 17.8. The van der Waals surface area contributed by atoms with E-state index in [1.807, 2.05) is 36.4 Å². The summed E-state index contributed by atoms with van der Waals surface area (Å²) in [5.41, 5.74) is 3.69. The summed E-state index contributed by atoms with van der Waals surface area (Å²) in [7, 11) is 0. The lowest BCUT2D eigenvalue weighted by atomic mass is 9.90. The first-order valence-corrected chi connectivity index (χ1v) is 10.9. The van der Waals surface area contributed by atoms with E-state index in [1.54, 1.807) is 0 Å². The normalized spacial score (nSPS) is 15.0. The summed E-state index contributed by atoms with van der Waals surface area (Å²) in [6.45, 7) is 7.81. The molecule has 1 aliphatic carbocycles. The van der Waals surface area contributed by atoms with Crippen LogP contribution in [0.5, 0.6) is 5.75 Å². The summed E-state index contributed by atoms with van der Waals surface area (Å²) in [5.74, 6) is 1.48. The fourth-order valence-electron chi connectivity index (χ4n) is 4.08. The van der Waals surface area contributed by atoms with Crippen LogP contribution in [0, 0.1) is 0 Å². The molecular formula is C26H29NO3. The van der Waals surface area contributed by atoms with Gasteiger partial charge in [0.2, 0.25) is 0 Å². The topological polar surface area (TPSA) is 42.7 Å². The third-order valence-corrected chi connectivity index (χ3v) is 5.83. The lowest BCUT2D eigenvalue weighted by Gasteiger charge is -2.19. The number of allylic oxidation sites excluding steroid dienone is 1. The first-order valence-electron chi connectivity index (χ1n) is 10.9. The Morgan fingerprint density at radius 3 is 2.63 bits per heavy atom. The van der Waals surface area contributed by atoms with E-state index in [0.717, 1.165) is 67.1 Å². The highest BCUT2D eigenvalue weighted by atomic mass is 16.5. The summed E-state index contributed by atoms with van der Waals surface area (Å²) >= 11 is 0. The minimum Gasteiger partial charge on any atom is -0.492 e. The molecule has 0 atom stereocenters. The molecule has 0 saturated heterocycles. The minimum atomic E-state index is 0.0830. The average molecular weight is 404 g/mol. The molecule has 1 heterocycles. The molecule has 0 unspecified atom stereocenters. The zero-order chi connectivity index (χ0) is 20.9. The Kier molecular flexibility index (Phi) is 6.34. The number of benzene rings is 2. The molecule has 0 saturated carbocycles. The molecule has 1 aliphatic rings. The van der Waals surface area contributed by atoms with Crippen LogP contribution in [0.1, 0.15) is 43.6 Å². The van der Waals surface area contributed by atoms with Crippen LogP contribution in [0.15, 0.2) is 57.7 Å². The summed E-state index contributed by atoms with van der Waals surface area (Å²) < 4.78 is 12.2. The van der Waals surface area contributed by atoms with Gasteiger partial charge in [0.25, 0.3) is 0 Å². The molecule has 30 heavy (non-hydrogen) atoms. The fraction of sp³-hybridized carbons (Fsp3) is 0.346. The van der Waals surface area contributed by atoms with E-state index in [-0.39, 0.29) is 5.43 Å². The van der Waals surface area contributed by atoms with Crippen LogP contribution in [0.25, 0.3) is 22.6 Å². The SMILES string of the molecule is CCN(CC)CCOc1ccc2c(=O)c3c(oc2c1)C(=Cc1ccccc1)CCC3. The van der Waals surface area contributed by atoms with Gasteiger partial charge in [0.15, 0.2) is 5.43 Å². The predicted molar refractivity (Wildman–Crippen MR) is 123 cm³/mol. The van der Waals surface area contributed by atoms with Crippen molar-refractivity contribution < 1.29 is 9.15 Å². The molecule has 2 aromatic carbocycles. The van der Waals surface area contributed by atoms with Crippen LogP contribution < -0.4 is 10.2 Å². The summed E-state index contributed by atoms with van der Waals surface area (Å²) in [6.07, 6.45) is 4.78. The van der Waals surface area contributed by atoms with Gasteiger partial charge >= 0.3 is 0 Å². The van der Waals surface area contributed by atoms with Crippen molar-refractivity contribution in [3.05, 3.63) is 75.6 Å². The molecule has 0 fully saturated rings. The standard InChI is InChI=1S/C26H29NO3/c1-3-27(4-2)15-16-29-21-13-14-22-24(18-21)30-26-20(11-8-12-23(26)25(22)28)17-19-9-6-5-7-10-19/h5-7,9-10,13-14,17-18H,3-4,8,11-12,15-16H2,1-2H3. The van der Waals surface area contributed by atoms with Gasteiger partial charge < -0.3 is 14.1 Å². The monoisotopic (exact) mass is 403 g/mol. The molecule has 0 bridgehead atoms. The van der Waals surface area contributed by atoms with Gasteiger partial charge in [-0.15, -0.1) is 0 Å². The van der Waals surface area contributed by atoms with Gasteiger partial charge in [-0.1, -0.05) is 44.2 Å². The minimum absolute atomic E-state index is 0.0830. The van der Waals surface area contributed by atoms with E-state index in [9.17, 15) is 4.79 Å². The van der Waals surface area contributed by atoms with Crippen molar-refractivity contribution in [2.75, 3.05) is 26.2 Å². The Morgan fingerprint density at radius 1 is 1.07 bits per heavy atom. The van der Waals surface area contributed by atoms with E-state index in [0.29, 0.717) is 17.6 Å². The molecule has 0 aliphatic heterocycles. The first kappa shape index (κ1) is 20.4. The number of fused-ring (bicyclic) bond motifs is 2. The molecule has 1 aromatic heterocycles. The highest BCUT2D eigenvalue weighted by Gasteiger charge is 2.22. The highest BCUT2D eigenvalue weighted by molar-refractivity contribution is 5.86. The maximum absolute atomic E-state index is 13.1. The van der Waals surface area contributed by atoms with Gasteiger partial charge in [-0.2, -0.15) is 0 Å². The van der Waals surface area contributed by atoms with Gasteiger partial charge in [-0.25, -0.2) is 0 Å². The third-order valence-electron chi connectivity index (χ3n) is 5.83. The fourth-order valence-corrected chi connectivity index (χ4v) is 4.08. The smallest absolute Gasteiger partial charge is 0.196 e. The van der Waals surface area contributed by atoms with Gasteiger partial charge in [-0.3, -0.25) is 4.79 Å². The molecule has 4 heteroatoms.